The van der Waals surface area contributed by atoms with Gasteiger partial charge >= 0.3 is 5.97 Å². The van der Waals surface area contributed by atoms with Gasteiger partial charge in [0.25, 0.3) is 0 Å². The third-order valence-electron chi connectivity index (χ3n) is 2.43. The van der Waals surface area contributed by atoms with Gasteiger partial charge in [0.2, 0.25) is 0 Å². The van der Waals surface area contributed by atoms with E-state index >= 15 is 0 Å². The number of terminal acetylenes is 1. The van der Waals surface area contributed by atoms with Crippen molar-refractivity contribution in [1.29, 1.82) is 0 Å². The van der Waals surface area contributed by atoms with Crippen LogP contribution < -0.4 is 0 Å². The Kier molecular flexibility index (Phi) is 8.82. The van der Waals surface area contributed by atoms with Crippen LogP contribution >= 0.6 is 0 Å². The molecule has 0 bridgehead atoms. The number of esters is 1. The van der Waals surface area contributed by atoms with Crippen molar-refractivity contribution < 1.29 is 9.53 Å². The third kappa shape index (κ3) is 8.37. The largest absolute Gasteiger partial charge is 0.464 e. The summed E-state index contributed by atoms with van der Waals surface area (Å²) in [4.78, 5) is 11.6. The van der Waals surface area contributed by atoms with Crippen molar-refractivity contribution in [2.24, 2.45) is 5.41 Å². The molecule has 0 aromatic rings. The molecule has 20 heavy (non-hydrogen) atoms. The molecule has 0 aromatic heterocycles. The molecule has 0 rings (SSSR count). The van der Waals surface area contributed by atoms with Gasteiger partial charge in [-0.1, -0.05) is 12.8 Å². The highest BCUT2D eigenvalue weighted by atomic mass is 16.5. The summed E-state index contributed by atoms with van der Waals surface area (Å²) in [5.41, 5.74) is -0.442. The van der Waals surface area contributed by atoms with E-state index in [9.17, 15) is 4.79 Å². The predicted molar refractivity (Wildman–Crippen MR) is 79.6 cm³/mol. The second-order valence-electron chi connectivity index (χ2n) is 4.32. The molecule has 2 nitrogen and oxygen atoms in total. The normalized spacial score (nSPS) is 7.90. The van der Waals surface area contributed by atoms with Gasteiger partial charge in [-0.15, -0.1) is 6.42 Å². The van der Waals surface area contributed by atoms with E-state index in [0.717, 1.165) is 6.42 Å². The Labute approximate surface area is 121 Å². The number of hydrogen-bond donors (Lipinski definition) is 0. The van der Waals surface area contributed by atoms with E-state index in [4.69, 9.17) is 11.2 Å². The first kappa shape index (κ1) is 17.3. The minimum atomic E-state index is -0.442. The van der Waals surface area contributed by atoms with Gasteiger partial charge in [-0.05, 0) is 67.6 Å². The van der Waals surface area contributed by atoms with Gasteiger partial charge < -0.3 is 4.74 Å². The smallest absolute Gasteiger partial charge is 0.311 e. The van der Waals surface area contributed by atoms with E-state index < -0.39 is 5.41 Å². The Morgan fingerprint density at radius 1 is 1.05 bits per heavy atom. The van der Waals surface area contributed by atoms with Crippen molar-refractivity contribution in [3.8, 4) is 59.7 Å². The van der Waals surface area contributed by atoms with Crippen LogP contribution in [-0.2, 0) is 9.53 Å². The lowest BCUT2D eigenvalue weighted by Gasteiger charge is -2.19. The minimum absolute atomic E-state index is 0.203. The van der Waals surface area contributed by atoms with Crippen LogP contribution in [0, 0.1) is 65.1 Å². The number of hydrogen-bond acceptors (Lipinski definition) is 2. The lowest BCUT2D eigenvalue weighted by molar-refractivity contribution is -0.153. The molecule has 2 heteroatoms. The summed E-state index contributed by atoms with van der Waals surface area (Å²) in [5, 5.41) is 0. The molecule has 0 aromatic carbocycles. The van der Waals surface area contributed by atoms with Crippen LogP contribution in [0.15, 0.2) is 0 Å². The molecule has 0 aliphatic heterocycles. The van der Waals surface area contributed by atoms with Crippen LogP contribution in [-0.4, -0.2) is 12.6 Å². The van der Waals surface area contributed by atoms with Gasteiger partial charge in [-0.3, -0.25) is 4.79 Å². The summed E-state index contributed by atoms with van der Waals surface area (Å²) in [6.07, 6.45) is 6.10. The molecule has 0 aliphatic carbocycles. The minimum Gasteiger partial charge on any atom is -0.464 e. The van der Waals surface area contributed by atoms with Crippen LogP contribution in [0.4, 0.5) is 0 Å². The molecule has 0 saturated carbocycles. The van der Waals surface area contributed by atoms with E-state index in [2.05, 4.69) is 53.3 Å². The zero-order valence-electron chi connectivity index (χ0n) is 12.0. The summed E-state index contributed by atoms with van der Waals surface area (Å²) in [5.74, 6) is 22.1. The second-order valence-corrected chi connectivity index (χ2v) is 4.32. The highest BCUT2D eigenvalue weighted by Gasteiger charge is 2.26. The van der Waals surface area contributed by atoms with E-state index in [-0.39, 0.29) is 12.6 Å². The maximum absolute atomic E-state index is 11.6. The molecule has 0 saturated heterocycles. The Morgan fingerprint density at radius 3 is 2.15 bits per heavy atom. The van der Waals surface area contributed by atoms with Gasteiger partial charge in [0, 0.05) is 6.42 Å². The zero-order valence-corrected chi connectivity index (χ0v) is 12.0. The van der Waals surface area contributed by atoms with Crippen LogP contribution in [0.1, 0.15) is 33.6 Å². The molecule has 0 fully saturated rings. The second kappa shape index (κ2) is 10.2. The molecule has 0 spiro atoms. The Balaban J connectivity index is 4.02. The summed E-state index contributed by atoms with van der Waals surface area (Å²) in [6.45, 7) is 5.93. The fraction of sp³-hybridized carbons (Fsp3) is 0.389. The van der Waals surface area contributed by atoms with Crippen LogP contribution in [0.5, 0.6) is 0 Å². The monoisotopic (exact) mass is 264 g/mol. The first-order chi connectivity index (χ1) is 9.54. The molecule has 0 radical (unpaired) electrons. The molecule has 0 atom stereocenters. The number of ether oxygens (including phenoxy) is 1. The molecule has 100 valence electrons. The van der Waals surface area contributed by atoms with Crippen molar-refractivity contribution >= 4 is 5.97 Å². The average Bonchev–Trinajstić information content (AvgIpc) is 2.44. The molecular weight excluding hydrogens is 248 g/mol. The summed E-state index contributed by atoms with van der Waals surface area (Å²) < 4.78 is 5.12. The summed E-state index contributed by atoms with van der Waals surface area (Å²) in [7, 11) is 0. The lowest BCUT2D eigenvalue weighted by Crippen LogP contribution is -2.25. The van der Waals surface area contributed by atoms with Crippen LogP contribution in [0.2, 0.25) is 0 Å². The van der Waals surface area contributed by atoms with Crippen molar-refractivity contribution in [3.05, 3.63) is 0 Å². The molecular formula is C18H16O2. The fourth-order valence-corrected chi connectivity index (χ4v) is 0.833. The molecule has 0 aliphatic rings. The first-order valence-electron chi connectivity index (χ1n) is 6.15. The van der Waals surface area contributed by atoms with Crippen molar-refractivity contribution in [2.75, 3.05) is 6.61 Å². The van der Waals surface area contributed by atoms with Gasteiger partial charge in [0.1, 0.15) is 6.61 Å². The average molecular weight is 264 g/mol. The van der Waals surface area contributed by atoms with Gasteiger partial charge in [0.05, 0.1) is 5.41 Å². The molecule has 0 amide bonds. The van der Waals surface area contributed by atoms with E-state index in [1.807, 2.05) is 20.8 Å². The third-order valence-corrected chi connectivity index (χ3v) is 2.43. The topological polar surface area (TPSA) is 26.3 Å². The van der Waals surface area contributed by atoms with Crippen LogP contribution in [0.3, 0.4) is 0 Å². The lowest BCUT2D eigenvalue weighted by atomic mass is 9.91. The van der Waals surface area contributed by atoms with E-state index in [1.165, 1.54) is 0 Å². The molecule has 0 unspecified atom stereocenters. The van der Waals surface area contributed by atoms with E-state index in [1.54, 1.807) is 0 Å². The SMILES string of the molecule is C#CC#CC#CC#CC#CCCOC(=O)C(C)(C)CC. The summed E-state index contributed by atoms with van der Waals surface area (Å²) >= 11 is 0. The maximum atomic E-state index is 11.6. The standard InChI is InChI=1S/C18H16O2/c1-5-7-8-9-10-11-12-13-14-15-16-20-17(19)18(3,4)6-2/h1H,6,15-16H2,2-4H3. The Hall–Kier alpha value is -2.73. The van der Waals surface area contributed by atoms with E-state index in [0.29, 0.717) is 6.42 Å². The Morgan fingerprint density at radius 2 is 1.60 bits per heavy atom. The predicted octanol–water partition coefficient (Wildman–Crippen LogP) is 2.00. The van der Waals surface area contributed by atoms with Gasteiger partial charge in [-0.25, -0.2) is 0 Å². The fourth-order valence-electron chi connectivity index (χ4n) is 0.833. The quantitative estimate of drug-likeness (QED) is 0.441. The van der Waals surface area contributed by atoms with Crippen LogP contribution in [0.25, 0.3) is 0 Å². The highest BCUT2D eigenvalue weighted by molar-refractivity contribution is 5.75. The van der Waals surface area contributed by atoms with Crippen molar-refractivity contribution in [1.82, 2.24) is 0 Å². The molecule has 0 heterocycles. The van der Waals surface area contributed by atoms with Gasteiger partial charge in [0.15, 0.2) is 0 Å². The Bertz CT molecular complexity index is 614. The first-order valence-corrected chi connectivity index (χ1v) is 6.15. The van der Waals surface area contributed by atoms with Gasteiger partial charge in [-0.2, -0.15) is 0 Å². The number of rotatable bonds is 4. The van der Waals surface area contributed by atoms with Crippen molar-refractivity contribution in [3.63, 3.8) is 0 Å². The summed E-state index contributed by atoms with van der Waals surface area (Å²) in [6, 6.07) is 0. The highest BCUT2D eigenvalue weighted by Crippen LogP contribution is 2.21. The number of carbonyl (C=O) groups is 1. The zero-order chi connectivity index (χ0) is 15.3. The maximum Gasteiger partial charge on any atom is 0.311 e. The molecule has 0 N–H and O–H groups in total. The van der Waals surface area contributed by atoms with Crippen molar-refractivity contribution in [2.45, 2.75) is 33.6 Å². The number of carbonyl (C=O) groups excluding carboxylic acids is 1.